The van der Waals surface area contributed by atoms with Gasteiger partial charge in [-0.2, -0.15) is 8.42 Å². The molecule has 0 aliphatic heterocycles. The molecule has 0 aliphatic rings. The van der Waals surface area contributed by atoms with E-state index in [0.29, 0.717) is 12.5 Å². The van der Waals surface area contributed by atoms with Crippen LogP contribution in [0.15, 0.2) is 48.5 Å². The van der Waals surface area contributed by atoms with Crippen molar-refractivity contribution in [3.8, 4) is 5.75 Å². The van der Waals surface area contributed by atoms with Gasteiger partial charge in [-0.3, -0.25) is 0 Å². The summed E-state index contributed by atoms with van der Waals surface area (Å²) in [5, 5.41) is 2.97. The van der Waals surface area contributed by atoms with Gasteiger partial charge in [-0.15, -0.1) is 0 Å². The molecule has 0 radical (unpaired) electrons. The molecular weight excluding hydrogens is 388 g/mol. The first kappa shape index (κ1) is 22.7. The number of nitrogens with one attached hydrogen (secondary N) is 1. The third-order valence-corrected chi connectivity index (χ3v) is 5.23. The Morgan fingerprint density at radius 2 is 1.62 bits per heavy atom. The molecule has 6 nitrogen and oxygen atoms in total. The van der Waals surface area contributed by atoms with Crippen LogP contribution in [0.3, 0.4) is 0 Å². The van der Waals surface area contributed by atoms with Crippen molar-refractivity contribution in [2.24, 2.45) is 0 Å². The van der Waals surface area contributed by atoms with Crippen LogP contribution in [0.2, 0.25) is 0 Å². The highest BCUT2D eigenvalue weighted by molar-refractivity contribution is 7.86. The van der Waals surface area contributed by atoms with E-state index in [1.165, 1.54) is 5.56 Å². The number of benzene rings is 2. The minimum Gasteiger partial charge on any atom is -0.383 e. The number of carbonyl (C=O) groups excluding carboxylic acids is 1. The van der Waals surface area contributed by atoms with Crippen LogP contribution in [-0.2, 0) is 16.7 Å². The maximum Gasteiger partial charge on any atom is 0.322 e. The highest BCUT2D eigenvalue weighted by Crippen LogP contribution is 2.20. The number of rotatable bonds is 8. The van der Waals surface area contributed by atoms with E-state index in [-0.39, 0.29) is 17.8 Å². The molecule has 1 N–H and O–H groups in total. The summed E-state index contributed by atoms with van der Waals surface area (Å²) < 4.78 is 27.3. The Morgan fingerprint density at radius 1 is 1.03 bits per heavy atom. The van der Waals surface area contributed by atoms with Crippen LogP contribution in [0, 0.1) is 0 Å². The van der Waals surface area contributed by atoms with Crippen molar-refractivity contribution in [1.29, 1.82) is 0 Å². The van der Waals surface area contributed by atoms with Crippen molar-refractivity contribution < 1.29 is 17.4 Å². The van der Waals surface area contributed by atoms with Gasteiger partial charge in [0.1, 0.15) is 5.75 Å². The minimum absolute atomic E-state index is 0.0388. The lowest BCUT2D eigenvalue weighted by Crippen LogP contribution is -2.40. The first-order chi connectivity index (χ1) is 13.6. The minimum atomic E-state index is -3.56. The molecule has 0 fully saturated rings. The third kappa shape index (κ3) is 7.09. The van der Waals surface area contributed by atoms with Crippen LogP contribution >= 0.6 is 0 Å². The predicted molar refractivity (Wildman–Crippen MR) is 117 cm³/mol. The van der Waals surface area contributed by atoms with E-state index in [1.807, 2.05) is 38.1 Å². The van der Waals surface area contributed by atoms with E-state index < -0.39 is 10.1 Å². The topological polar surface area (TPSA) is 75.7 Å². The second kappa shape index (κ2) is 9.78. The fraction of sp³-hybridized carbons (Fsp3) is 0.409. The van der Waals surface area contributed by atoms with Crippen molar-refractivity contribution in [3.63, 3.8) is 0 Å². The van der Waals surface area contributed by atoms with Gasteiger partial charge in [0.05, 0.1) is 6.26 Å². The van der Waals surface area contributed by atoms with Gasteiger partial charge in [-0.1, -0.05) is 45.0 Å². The van der Waals surface area contributed by atoms with E-state index in [4.69, 9.17) is 4.18 Å². The molecule has 2 rings (SSSR count). The van der Waals surface area contributed by atoms with Gasteiger partial charge in [0.15, 0.2) is 0 Å². The molecule has 1 atom stereocenters. The largest absolute Gasteiger partial charge is 0.383 e. The fourth-order valence-electron chi connectivity index (χ4n) is 2.82. The van der Waals surface area contributed by atoms with Gasteiger partial charge in [-0.25, -0.2) is 4.79 Å². The quantitative estimate of drug-likeness (QED) is 0.614. The molecule has 29 heavy (non-hydrogen) atoms. The number of hydrogen-bond donors (Lipinski definition) is 1. The molecule has 2 aromatic rings. The normalized spacial score (nSPS) is 12.5. The molecule has 158 valence electrons. The van der Waals surface area contributed by atoms with Crippen molar-refractivity contribution >= 4 is 21.8 Å². The molecule has 0 saturated heterocycles. The first-order valence-corrected chi connectivity index (χ1v) is 11.6. The maximum atomic E-state index is 12.9. The van der Waals surface area contributed by atoms with Gasteiger partial charge in [0, 0.05) is 18.3 Å². The van der Waals surface area contributed by atoms with Gasteiger partial charge in [0.25, 0.3) is 0 Å². The molecular formula is C22H30N2O4S. The van der Waals surface area contributed by atoms with E-state index in [2.05, 4.69) is 19.2 Å². The number of nitrogens with zero attached hydrogens (tertiary/aromatic N) is 1. The summed E-state index contributed by atoms with van der Waals surface area (Å²) >= 11 is 0. The monoisotopic (exact) mass is 418 g/mol. The third-order valence-electron chi connectivity index (χ3n) is 4.74. The van der Waals surface area contributed by atoms with Crippen molar-refractivity contribution in [2.75, 3.05) is 11.6 Å². The molecule has 2 aromatic carbocycles. The van der Waals surface area contributed by atoms with Crippen LogP contribution in [0.5, 0.6) is 5.75 Å². The summed E-state index contributed by atoms with van der Waals surface area (Å²) in [6, 6.07) is 14.5. The molecule has 2 amide bonds. The Balaban J connectivity index is 2.11. The summed E-state index contributed by atoms with van der Waals surface area (Å²) in [7, 11) is -3.56. The van der Waals surface area contributed by atoms with Crippen LogP contribution in [0.25, 0.3) is 0 Å². The van der Waals surface area contributed by atoms with Crippen LogP contribution in [0.4, 0.5) is 10.5 Å². The predicted octanol–water partition coefficient (Wildman–Crippen LogP) is 4.98. The molecule has 0 heterocycles. The van der Waals surface area contributed by atoms with Crippen molar-refractivity contribution in [2.45, 2.75) is 52.6 Å². The average Bonchev–Trinajstić information content (AvgIpc) is 2.66. The van der Waals surface area contributed by atoms with Gasteiger partial charge in [-0.05, 0) is 54.7 Å². The number of amides is 2. The molecule has 0 spiro atoms. The zero-order chi connectivity index (χ0) is 21.6. The summed E-state index contributed by atoms with van der Waals surface area (Å²) in [6.45, 7) is 8.70. The van der Waals surface area contributed by atoms with Crippen LogP contribution in [-0.4, -0.2) is 31.6 Å². The fourth-order valence-corrected chi connectivity index (χ4v) is 3.28. The Morgan fingerprint density at radius 3 is 2.10 bits per heavy atom. The highest BCUT2D eigenvalue weighted by Gasteiger charge is 2.19. The molecule has 1 unspecified atom stereocenters. The summed E-state index contributed by atoms with van der Waals surface area (Å²) in [4.78, 5) is 14.7. The molecule has 0 saturated carbocycles. The van der Waals surface area contributed by atoms with Crippen LogP contribution < -0.4 is 9.50 Å². The lowest BCUT2D eigenvalue weighted by atomic mass is 10.0. The SMILES string of the molecule is CCC(C)N(Cc1ccc(OS(C)(=O)=O)cc1)C(=O)Nc1ccc(C(C)C)cc1. The zero-order valence-electron chi connectivity index (χ0n) is 17.7. The van der Waals surface area contributed by atoms with Crippen LogP contribution in [0.1, 0.15) is 51.2 Å². The lowest BCUT2D eigenvalue weighted by molar-refractivity contribution is 0.187. The number of carbonyl (C=O) groups is 1. The van der Waals surface area contributed by atoms with E-state index in [0.717, 1.165) is 23.9 Å². The van der Waals surface area contributed by atoms with Crippen molar-refractivity contribution in [1.82, 2.24) is 4.90 Å². The molecule has 0 bridgehead atoms. The Labute approximate surface area is 174 Å². The lowest BCUT2D eigenvalue weighted by Gasteiger charge is -2.29. The standard InChI is InChI=1S/C22H30N2O4S/c1-6-17(4)24(15-18-7-13-21(14-8-18)28-29(5,26)27)22(25)23-20-11-9-19(10-12-20)16(2)3/h7-14,16-17H,6,15H2,1-5H3,(H,23,25). The maximum absolute atomic E-state index is 12.9. The van der Waals surface area contributed by atoms with E-state index >= 15 is 0 Å². The average molecular weight is 419 g/mol. The summed E-state index contributed by atoms with van der Waals surface area (Å²) in [5.41, 5.74) is 2.86. The van der Waals surface area contributed by atoms with Gasteiger partial charge in [0.2, 0.25) is 0 Å². The highest BCUT2D eigenvalue weighted by atomic mass is 32.2. The van der Waals surface area contributed by atoms with E-state index in [1.54, 1.807) is 29.2 Å². The Bertz CT molecular complexity index is 907. The second-order valence-electron chi connectivity index (χ2n) is 7.52. The number of anilines is 1. The molecule has 0 aromatic heterocycles. The Hall–Kier alpha value is -2.54. The Kier molecular flexibility index (Phi) is 7.67. The zero-order valence-corrected chi connectivity index (χ0v) is 18.5. The van der Waals surface area contributed by atoms with Crippen molar-refractivity contribution in [3.05, 3.63) is 59.7 Å². The molecule has 0 aliphatic carbocycles. The van der Waals surface area contributed by atoms with Gasteiger partial charge < -0.3 is 14.4 Å². The summed E-state index contributed by atoms with van der Waals surface area (Å²) in [6.07, 6.45) is 1.82. The summed E-state index contributed by atoms with van der Waals surface area (Å²) in [5.74, 6) is 0.687. The van der Waals surface area contributed by atoms with E-state index in [9.17, 15) is 13.2 Å². The smallest absolute Gasteiger partial charge is 0.322 e. The second-order valence-corrected chi connectivity index (χ2v) is 9.10. The molecule has 7 heteroatoms. The first-order valence-electron chi connectivity index (χ1n) is 9.75. The van der Waals surface area contributed by atoms with Gasteiger partial charge >= 0.3 is 16.1 Å². The number of hydrogen-bond acceptors (Lipinski definition) is 4. The number of urea groups is 1.